The van der Waals surface area contributed by atoms with Crippen LogP contribution in [0.2, 0.25) is 0 Å². The topological polar surface area (TPSA) is 84.9 Å². The zero-order valence-electron chi connectivity index (χ0n) is 20.7. The van der Waals surface area contributed by atoms with Crippen LogP contribution < -0.4 is 14.8 Å². The highest BCUT2D eigenvalue weighted by Gasteiger charge is 2.24. The molecule has 0 fully saturated rings. The molecular formula is C27H37NO5. The highest BCUT2D eigenvalue weighted by atomic mass is 16.5. The Morgan fingerprint density at radius 1 is 1.06 bits per heavy atom. The number of rotatable bonds is 11. The number of amides is 1. The lowest BCUT2D eigenvalue weighted by Gasteiger charge is -2.25. The van der Waals surface area contributed by atoms with Crippen LogP contribution in [0.3, 0.4) is 0 Å². The van der Waals surface area contributed by atoms with Gasteiger partial charge in [0.1, 0.15) is 0 Å². The second-order valence-electron chi connectivity index (χ2n) is 9.34. The van der Waals surface area contributed by atoms with Crippen molar-refractivity contribution in [2.45, 2.75) is 71.1 Å². The molecule has 6 nitrogen and oxygen atoms in total. The Kier molecular flexibility index (Phi) is 9.32. The lowest BCUT2D eigenvalue weighted by atomic mass is 9.85. The van der Waals surface area contributed by atoms with Crippen molar-refractivity contribution in [3.05, 3.63) is 53.1 Å². The average Bonchev–Trinajstić information content (AvgIpc) is 2.76. The van der Waals surface area contributed by atoms with Crippen LogP contribution in [0.1, 0.15) is 87.2 Å². The molecule has 0 aliphatic heterocycles. The Morgan fingerprint density at radius 2 is 1.79 bits per heavy atom. The van der Waals surface area contributed by atoms with E-state index in [2.05, 4.69) is 12.2 Å². The molecule has 33 heavy (non-hydrogen) atoms. The van der Waals surface area contributed by atoms with Gasteiger partial charge in [0.2, 0.25) is 5.91 Å². The maximum atomic E-state index is 13.2. The maximum Gasteiger partial charge on any atom is 0.335 e. The molecule has 0 aromatic heterocycles. The van der Waals surface area contributed by atoms with Crippen LogP contribution in [0.5, 0.6) is 11.5 Å². The van der Waals surface area contributed by atoms with Crippen LogP contribution in [0, 0.1) is 0 Å². The van der Waals surface area contributed by atoms with E-state index >= 15 is 0 Å². The molecule has 0 bridgehead atoms. The third-order valence-electron chi connectivity index (χ3n) is 5.81. The van der Waals surface area contributed by atoms with Gasteiger partial charge in [-0.2, -0.15) is 0 Å². The molecule has 0 spiro atoms. The Hall–Kier alpha value is -3.02. The van der Waals surface area contributed by atoms with Crippen molar-refractivity contribution in [1.82, 2.24) is 0 Å². The van der Waals surface area contributed by atoms with Crippen LogP contribution in [0.25, 0.3) is 0 Å². The van der Waals surface area contributed by atoms with E-state index in [9.17, 15) is 14.7 Å². The molecule has 2 rings (SSSR count). The summed E-state index contributed by atoms with van der Waals surface area (Å²) < 4.78 is 11.1. The van der Waals surface area contributed by atoms with Gasteiger partial charge in [-0.25, -0.2) is 4.79 Å². The van der Waals surface area contributed by atoms with Crippen molar-refractivity contribution in [2.75, 3.05) is 19.5 Å². The molecule has 0 radical (unpaired) electrons. The van der Waals surface area contributed by atoms with Crippen molar-refractivity contribution in [1.29, 1.82) is 0 Å². The first-order valence-electron chi connectivity index (χ1n) is 11.5. The zero-order chi connectivity index (χ0) is 24.6. The number of methoxy groups -OCH3 is 2. The predicted molar refractivity (Wildman–Crippen MR) is 132 cm³/mol. The lowest BCUT2D eigenvalue weighted by molar-refractivity contribution is -0.116. The first-order valence-corrected chi connectivity index (χ1v) is 11.5. The van der Waals surface area contributed by atoms with E-state index in [-0.39, 0.29) is 29.2 Å². The number of carboxylic acids is 1. The first-order chi connectivity index (χ1) is 15.6. The normalized spacial score (nSPS) is 12.2. The number of aromatic carboxylic acids is 1. The molecule has 0 saturated carbocycles. The van der Waals surface area contributed by atoms with E-state index in [1.165, 1.54) is 0 Å². The molecule has 180 valence electrons. The number of benzene rings is 2. The Labute approximate surface area is 197 Å². The highest BCUT2D eigenvalue weighted by molar-refractivity contribution is 5.95. The number of nitrogens with one attached hydrogen (secondary N) is 1. The van der Waals surface area contributed by atoms with E-state index in [4.69, 9.17) is 9.47 Å². The quantitative estimate of drug-likeness (QED) is 0.383. The summed E-state index contributed by atoms with van der Waals surface area (Å²) >= 11 is 0. The number of carbonyl (C=O) groups is 2. The SMILES string of the molecule is CCCCCC(CC(=O)Nc1cc(C(=O)O)ccc1C(C)(C)C)c1cccc(OC)c1OC. The summed E-state index contributed by atoms with van der Waals surface area (Å²) in [5.41, 5.74) is 2.27. The molecule has 6 heteroatoms. The maximum absolute atomic E-state index is 13.2. The minimum Gasteiger partial charge on any atom is -0.493 e. The summed E-state index contributed by atoms with van der Waals surface area (Å²) in [7, 11) is 3.21. The van der Waals surface area contributed by atoms with Crippen LogP contribution in [-0.2, 0) is 10.2 Å². The van der Waals surface area contributed by atoms with Gasteiger partial charge in [0, 0.05) is 17.7 Å². The number of anilines is 1. The van der Waals surface area contributed by atoms with Crippen molar-refractivity contribution in [3.8, 4) is 11.5 Å². The fourth-order valence-corrected chi connectivity index (χ4v) is 4.10. The van der Waals surface area contributed by atoms with Gasteiger partial charge in [-0.05, 0) is 41.5 Å². The van der Waals surface area contributed by atoms with Crippen molar-refractivity contribution in [3.63, 3.8) is 0 Å². The van der Waals surface area contributed by atoms with Crippen LogP contribution in [0.15, 0.2) is 36.4 Å². The van der Waals surface area contributed by atoms with Gasteiger partial charge in [-0.15, -0.1) is 0 Å². The number of para-hydroxylation sites is 1. The fraction of sp³-hybridized carbons (Fsp3) is 0.481. The van der Waals surface area contributed by atoms with Gasteiger partial charge in [0.15, 0.2) is 11.5 Å². The Bertz CT molecular complexity index is 961. The average molecular weight is 456 g/mol. The van der Waals surface area contributed by atoms with E-state index in [1.54, 1.807) is 32.4 Å². The molecule has 2 aromatic rings. The number of hydrogen-bond donors (Lipinski definition) is 2. The smallest absolute Gasteiger partial charge is 0.335 e. The monoisotopic (exact) mass is 455 g/mol. The van der Waals surface area contributed by atoms with Crippen LogP contribution >= 0.6 is 0 Å². The first kappa shape index (κ1) is 26.2. The molecular weight excluding hydrogens is 418 g/mol. The van der Waals surface area contributed by atoms with Gasteiger partial charge in [0.25, 0.3) is 0 Å². The third kappa shape index (κ3) is 6.98. The standard InChI is InChI=1S/C27H37NO5/c1-7-8-9-11-18(20-12-10-13-23(32-5)25(20)33-6)17-24(29)28-22-16-19(26(30)31)14-15-21(22)27(2,3)4/h10,12-16,18H,7-9,11,17H2,1-6H3,(H,28,29)(H,30,31). The minimum absolute atomic E-state index is 0.0534. The second kappa shape index (κ2) is 11.7. The number of carboxylic acid groups (broad SMARTS) is 1. The molecule has 0 aliphatic rings. The van der Waals surface area contributed by atoms with E-state index in [1.807, 2.05) is 39.0 Å². The van der Waals surface area contributed by atoms with Crippen molar-refractivity contribution >= 4 is 17.6 Å². The number of carbonyl (C=O) groups excluding carboxylic acids is 1. The summed E-state index contributed by atoms with van der Waals surface area (Å²) in [5, 5.41) is 12.4. The summed E-state index contributed by atoms with van der Waals surface area (Å²) in [5.74, 6) is 0.0545. The number of unbranched alkanes of at least 4 members (excludes halogenated alkanes) is 2. The minimum atomic E-state index is -1.02. The van der Waals surface area contributed by atoms with Crippen LogP contribution in [-0.4, -0.2) is 31.2 Å². The second-order valence-corrected chi connectivity index (χ2v) is 9.34. The van der Waals surface area contributed by atoms with Gasteiger partial charge >= 0.3 is 5.97 Å². The third-order valence-corrected chi connectivity index (χ3v) is 5.81. The molecule has 1 unspecified atom stereocenters. The van der Waals surface area contributed by atoms with E-state index in [0.717, 1.165) is 36.8 Å². The summed E-state index contributed by atoms with van der Waals surface area (Å²) in [4.78, 5) is 24.7. The molecule has 0 aliphatic carbocycles. The lowest BCUT2D eigenvalue weighted by Crippen LogP contribution is -2.21. The number of ether oxygens (including phenoxy) is 2. The Morgan fingerprint density at radius 3 is 2.36 bits per heavy atom. The van der Waals surface area contributed by atoms with Gasteiger partial charge in [0.05, 0.1) is 19.8 Å². The fourth-order valence-electron chi connectivity index (χ4n) is 4.10. The molecule has 2 aromatic carbocycles. The summed E-state index contributed by atoms with van der Waals surface area (Å²) in [6.07, 6.45) is 4.26. The van der Waals surface area contributed by atoms with Gasteiger partial charge < -0.3 is 19.9 Å². The molecule has 0 heterocycles. The number of hydrogen-bond acceptors (Lipinski definition) is 4. The van der Waals surface area contributed by atoms with Crippen molar-refractivity contribution < 1.29 is 24.2 Å². The van der Waals surface area contributed by atoms with Crippen LogP contribution in [0.4, 0.5) is 5.69 Å². The van der Waals surface area contributed by atoms with Crippen molar-refractivity contribution in [2.24, 2.45) is 0 Å². The van der Waals surface area contributed by atoms with Gasteiger partial charge in [-0.3, -0.25) is 4.79 Å². The summed E-state index contributed by atoms with van der Waals surface area (Å²) in [6.45, 7) is 8.25. The van der Waals surface area contributed by atoms with Gasteiger partial charge in [-0.1, -0.05) is 65.2 Å². The molecule has 0 saturated heterocycles. The highest BCUT2D eigenvalue weighted by Crippen LogP contribution is 2.39. The largest absolute Gasteiger partial charge is 0.493 e. The molecule has 1 atom stereocenters. The zero-order valence-corrected chi connectivity index (χ0v) is 20.7. The Balaban J connectivity index is 2.36. The van der Waals surface area contributed by atoms with E-state index in [0.29, 0.717) is 17.2 Å². The molecule has 2 N–H and O–H groups in total. The van der Waals surface area contributed by atoms with E-state index < -0.39 is 5.97 Å². The molecule has 1 amide bonds. The predicted octanol–water partition coefficient (Wildman–Crippen LogP) is 6.39. The summed E-state index contributed by atoms with van der Waals surface area (Å²) in [6, 6.07) is 10.6.